The second kappa shape index (κ2) is 8.91. The SMILES string of the molecule is Cc1ccn(CCC(C)C)c(=O)c1C(=O)N1CCN(c2ccc(C#N)cn2)CC1. The summed E-state index contributed by atoms with van der Waals surface area (Å²) in [5, 5.41) is 8.89. The molecule has 0 N–H and O–H groups in total. The number of nitrogens with zero attached hydrogens (tertiary/aromatic N) is 5. The Labute approximate surface area is 171 Å². The number of pyridine rings is 2. The summed E-state index contributed by atoms with van der Waals surface area (Å²) in [4.78, 5) is 34.2. The van der Waals surface area contributed by atoms with Crippen LogP contribution in [0.15, 0.2) is 35.4 Å². The van der Waals surface area contributed by atoms with Gasteiger partial charge in [-0.15, -0.1) is 0 Å². The van der Waals surface area contributed by atoms with E-state index in [-0.39, 0.29) is 17.0 Å². The van der Waals surface area contributed by atoms with Crippen LogP contribution in [0.1, 0.15) is 41.8 Å². The van der Waals surface area contributed by atoms with E-state index in [0.29, 0.717) is 44.2 Å². The zero-order valence-corrected chi connectivity index (χ0v) is 17.3. The van der Waals surface area contributed by atoms with E-state index >= 15 is 0 Å². The first kappa shape index (κ1) is 20.6. The Kier molecular flexibility index (Phi) is 6.32. The summed E-state index contributed by atoms with van der Waals surface area (Å²) < 4.78 is 1.65. The van der Waals surface area contributed by atoms with Crippen LogP contribution in [0.5, 0.6) is 0 Å². The number of carbonyl (C=O) groups excluding carboxylic acids is 1. The number of aryl methyl sites for hydroxylation is 2. The summed E-state index contributed by atoms with van der Waals surface area (Å²) in [5.74, 6) is 1.09. The second-order valence-electron chi connectivity index (χ2n) is 7.85. The lowest BCUT2D eigenvalue weighted by Crippen LogP contribution is -2.50. The molecule has 3 heterocycles. The van der Waals surface area contributed by atoms with E-state index in [1.54, 1.807) is 27.9 Å². The van der Waals surface area contributed by atoms with Crippen LogP contribution in [-0.2, 0) is 6.54 Å². The van der Waals surface area contributed by atoms with Gasteiger partial charge in [0, 0.05) is 45.1 Å². The highest BCUT2D eigenvalue weighted by Gasteiger charge is 2.26. The third-order valence-electron chi connectivity index (χ3n) is 5.30. The average molecular weight is 393 g/mol. The molecule has 1 aliphatic heterocycles. The Balaban J connectivity index is 1.71. The maximum absolute atomic E-state index is 13.1. The van der Waals surface area contributed by atoms with E-state index in [1.165, 1.54) is 0 Å². The van der Waals surface area contributed by atoms with Crippen LogP contribution in [0.2, 0.25) is 0 Å². The third kappa shape index (κ3) is 4.65. The van der Waals surface area contributed by atoms with Crippen LogP contribution in [0.25, 0.3) is 0 Å². The Morgan fingerprint density at radius 3 is 2.52 bits per heavy atom. The minimum absolute atomic E-state index is 0.196. The smallest absolute Gasteiger partial charge is 0.263 e. The highest BCUT2D eigenvalue weighted by molar-refractivity contribution is 5.95. The van der Waals surface area contributed by atoms with Gasteiger partial charge in [-0.05, 0) is 43.0 Å². The Morgan fingerprint density at radius 1 is 1.21 bits per heavy atom. The summed E-state index contributed by atoms with van der Waals surface area (Å²) in [7, 11) is 0. The van der Waals surface area contributed by atoms with Gasteiger partial charge in [0.1, 0.15) is 17.5 Å². The summed E-state index contributed by atoms with van der Waals surface area (Å²) in [6.07, 6.45) is 4.23. The summed E-state index contributed by atoms with van der Waals surface area (Å²) in [6.45, 7) is 9.01. The standard InChI is InChI=1S/C22H27N5O2/c1-16(2)6-8-26-9-7-17(3)20(21(26)28)22(29)27-12-10-25(11-13-27)19-5-4-18(14-23)15-24-19/h4-5,7,9,15-16H,6,8,10-13H2,1-3H3. The van der Waals surface area contributed by atoms with Crippen molar-refractivity contribution in [2.24, 2.45) is 5.92 Å². The van der Waals surface area contributed by atoms with Crippen molar-refractivity contribution in [2.75, 3.05) is 31.1 Å². The van der Waals surface area contributed by atoms with Crippen LogP contribution < -0.4 is 10.5 Å². The maximum Gasteiger partial charge on any atom is 0.263 e. The number of aromatic nitrogens is 2. The molecule has 2 aromatic rings. The first-order valence-corrected chi connectivity index (χ1v) is 10.0. The van der Waals surface area contributed by atoms with Crippen molar-refractivity contribution >= 4 is 11.7 Å². The molecule has 1 saturated heterocycles. The minimum atomic E-state index is -0.202. The summed E-state index contributed by atoms with van der Waals surface area (Å²) >= 11 is 0. The van der Waals surface area contributed by atoms with E-state index in [1.807, 2.05) is 19.1 Å². The highest BCUT2D eigenvalue weighted by atomic mass is 16.2. The van der Waals surface area contributed by atoms with Gasteiger partial charge in [0.2, 0.25) is 0 Å². The van der Waals surface area contributed by atoms with Gasteiger partial charge in [0.15, 0.2) is 0 Å². The number of amides is 1. The van der Waals surface area contributed by atoms with E-state index in [0.717, 1.165) is 17.8 Å². The molecule has 0 radical (unpaired) electrons. The maximum atomic E-state index is 13.1. The fourth-order valence-electron chi connectivity index (χ4n) is 3.43. The Hall–Kier alpha value is -3.14. The van der Waals surface area contributed by atoms with Gasteiger partial charge in [-0.2, -0.15) is 5.26 Å². The molecule has 3 rings (SSSR count). The molecule has 152 valence electrons. The molecule has 2 aromatic heterocycles. The molecule has 0 aromatic carbocycles. The Morgan fingerprint density at radius 2 is 1.93 bits per heavy atom. The fraction of sp³-hybridized carbons (Fsp3) is 0.455. The van der Waals surface area contributed by atoms with E-state index < -0.39 is 0 Å². The van der Waals surface area contributed by atoms with Crippen molar-refractivity contribution in [1.29, 1.82) is 5.26 Å². The predicted octanol–water partition coefficient (Wildman–Crippen LogP) is 2.43. The molecule has 1 aliphatic rings. The molecule has 0 bridgehead atoms. The van der Waals surface area contributed by atoms with Gasteiger partial charge in [0.05, 0.1) is 5.56 Å². The monoisotopic (exact) mass is 393 g/mol. The normalized spacial score (nSPS) is 14.2. The average Bonchev–Trinajstić information content (AvgIpc) is 2.73. The van der Waals surface area contributed by atoms with E-state index in [9.17, 15) is 9.59 Å². The lowest BCUT2D eigenvalue weighted by molar-refractivity contribution is 0.0743. The number of nitriles is 1. The van der Waals surface area contributed by atoms with Crippen molar-refractivity contribution in [1.82, 2.24) is 14.5 Å². The van der Waals surface area contributed by atoms with Crippen molar-refractivity contribution in [3.05, 3.63) is 57.6 Å². The van der Waals surface area contributed by atoms with Gasteiger partial charge >= 0.3 is 0 Å². The molecular weight excluding hydrogens is 366 g/mol. The van der Waals surface area contributed by atoms with E-state index in [4.69, 9.17) is 5.26 Å². The lowest BCUT2D eigenvalue weighted by Gasteiger charge is -2.35. The number of hydrogen-bond donors (Lipinski definition) is 0. The number of carbonyl (C=O) groups is 1. The largest absolute Gasteiger partial charge is 0.353 e. The van der Waals surface area contributed by atoms with Crippen LogP contribution in [-0.4, -0.2) is 46.5 Å². The zero-order chi connectivity index (χ0) is 21.0. The van der Waals surface area contributed by atoms with Crippen molar-refractivity contribution in [3.63, 3.8) is 0 Å². The number of anilines is 1. The van der Waals surface area contributed by atoms with Crippen LogP contribution >= 0.6 is 0 Å². The molecule has 29 heavy (non-hydrogen) atoms. The molecule has 1 fully saturated rings. The molecule has 0 saturated carbocycles. The number of piperazine rings is 1. The van der Waals surface area contributed by atoms with Crippen molar-refractivity contribution < 1.29 is 4.79 Å². The van der Waals surface area contributed by atoms with Crippen LogP contribution in [0.4, 0.5) is 5.82 Å². The molecule has 0 aliphatic carbocycles. The van der Waals surface area contributed by atoms with Crippen LogP contribution in [0, 0.1) is 24.2 Å². The molecule has 0 unspecified atom stereocenters. The summed E-state index contributed by atoms with van der Waals surface area (Å²) in [5.41, 5.74) is 1.32. The molecule has 0 spiro atoms. The number of hydrogen-bond acceptors (Lipinski definition) is 5. The first-order chi connectivity index (χ1) is 13.9. The fourth-order valence-corrected chi connectivity index (χ4v) is 3.43. The lowest BCUT2D eigenvalue weighted by atomic mass is 10.1. The third-order valence-corrected chi connectivity index (χ3v) is 5.30. The molecule has 7 heteroatoms. The van der Waals surface area contributed by atoms with Crippen molar-refractivity contribution in [3.8, 4) is 6.07 Å². The Bertz CT molecular complexity index is 964. The number of rotatable bonds is 5. The zero-order valence-electron chi connectivity index (χ0n) is 17.3. The molecule has 1 amide bonds. The van der Waals surface area contributed by atoms with Gasteiger partial charge in [-0.3, -0.25) is 9.59 Å². The first-order valence-electron chi connectivity index (χ1n) is 10.0. The molecular formula is C22H27N5O2. The van der Waals surface area contributed by atoms with Gasteiger partial charge in [-0.1, -0.05) is 13.8 Å². The quantitative estimate of drug-likeness (QED) is 0.779. The second-order valence-corrected chi connectivity index (χ2v) is 7.85. The minimum Gasteiger partial charge on any atom is -0.353 e. The van der Waals surface area contributed by atoms with Gasteiger partial charge in [-0.25, -0.2) is 4.98 Å². The topological polar surface area (TPSA) is 82.2 Å². The van der Waals surface area contributed by atoms with Crippen LogP contribution in [0.3, 0.4) is 0 Å². The molecule has 0 atom stereocenters. The summed E-state index contributed by atoms with van der Waals surface area (Å²) in [6, 6.07) is 7.48. The van der Waals surface area contributed by atoms with E-state index in [2.05, 4.69) is 29.8 Å². The van der Waals surface area contributed by atoms with Gasteiger partial charge in [0.25, 0.3) is 11.5 Å². The molecule has 7 nitrogen and oxygen atoms in total. The highest BCUT2D eigenvalue weighted by Crippen LogP contribution is 2.16. The predicted molar refractivity (Wildman–Crippen MR) is 112 cm³/mol. The van der Waals surface area contributed by atoms with Gasteiger partial charge < -0.3 is 14.4 Å². The van der Waals surface area contributed by atoms with Crippen molar-refractivity contribution in [2.45, 2.75) is 33.7 Å².